The van der Waals surface area contributed by atoms with Gasteiger partial charge in [-0.3, -0.25) is 0 Å². The number of nitrogens with one attached hydrogen (secondary N) is 1. The molecule has 2 aromatic rings. The molecule has 9 nitrogen and oxygen atoms in total. The largest absolute Gasteiger partial charge is 0.462 e. The maximum Gasteiger partial charge on any atom is 0.340 e. The highest BCUT2D eigenvalue weighted by Gasteiger charge is 2.40. The Morgan fingerprint density at radius 3 is 2.75 bits per heavy atom. The van der Waals surface area contributed by atoms with Gasteiger partial charge in [-0.05, 0) is 19.1 Å². The van der Waals surface area contributed by atoms with Crippen molar-refractivity contribution in [2.24, 2.45) is 0 Å². The van der Waals surface area contributed by atoms with E-state index in [-0.39, 0.29) is 0 Å². The number of benzene rings is 1. The molecule has 0 aliphatic carbocycles. The van der Waals surface area contributed by atoms with Crippen LogP contribution in [-0.4, -0.2) is 59.8 Å². The number of carbonyl (C=O) groups excluding carboxylic acids is 1. The average Bonchev–Trinajstić information content (AvgIpc) is 3.17. The number of ether oxygens (including phenoxy) is 3. The van der Waals surface area contributed by atoms with Crippen molar-refractivity contribution in [2.45, 2.75) is 25.6 Å². The number of para-hydroxylation sites is 1. The molecule has 1 aromatic heterocycles. The summed E-state index contributed by atoms with van der Waals surface area (Å²) in [5.41, 5.74) is 0.999. The first-order chi connectivity index (χ1) is 13.7. The van der Waals surface area contributed by atoms with E-state index >= 15 is 0 Å². The molecule has 2 aliphatic heterocycles. The zero-order valence-corrected chi connectivity index (χ0v) is 15.8. The summed E-state index contributed by atoms with van der Waals surface area (Å²) in [4.78, 5) is 18.8. The average molecular weight is 385 g/mol. The fraction of sp³-hybridized carbons (Fsp3) is 0.474. The van der Waals surface area contributed by atoms with E-state index in [9.17, 15) is 4.79 Å². The van der Waals surface area contributed by atoms with Crippen molar-refractivity contribution in [3.63, 3.8) is 0 Å². The quantitative estimate of drug-likeness (QED) is 0.776. The zero-order valence-electron chi connectivity index (χ0n) is 15.8. The monoisotopic (exact) mass is 385 g/mol. The van der Waals surface area contributed by atoms with Gasteiger partial charge in [-0.25, -0.2) is 4.79 Å². The first-order valence-corrected chi connectivity index (χ1v) is 9.45. The van der Waals surface area contributed by atoms with Crippen molar-refractivity contribution >= 4 is 23.4 Å². The number of nitrogens with zero attached hydrogens (tertiary/aromatic N) is 4. The first-order valence-electron chi connectivity index (χ1n) is 9.45. The maximum absolute atomic E-state index is 12.1. The molecule has 2 saturated heterocycles. The number of hydrogen-bond acceptors (Lipinski definition) is 9. The third kappa shape index (κ3) is 3.90. The van der Waals surface area contributed by atoms with E-state index in [0.717, 1.165) is 31.7 Å². The van der Waals surface area contributed by atoms with Crippen molar-refractivity contribution < 1.29 is 19.0 Å². The van der Waals surface area contributed by atoms with E-state index in [1.807, 2.05) is 6.07 Å². The van der Waals surface area contributed by atoms with Gasteiger partial charge in [0.2, 0.25) is 5.95 Å². The summed E-state index contributed by atoms with van der Waals surface area (Å²) in [7, 11) is 0. The fourth-order valence-corrected chi connectivity index (χ4v) is 3.46. The second-order valence-electron chi connectivity index (χ2n) is 6.62. The second-order valence-corrected chi connectivity index (χ2v) is 6.62. The van der Waals surface area contributed by atoms with Crippen LogP contribution < -0.4 is 10.2 Å². The molecule has 1 aromatic carbocycles. The van der Waals surface area contributed by atoms with Gasteiger partial charge in [0.1, 0.15) is 0 Å². The summed E-state index contributed by atoms with van der Waals surface area (Å²) in [6.45, 7) is 4.92. The number of hydrogen-bond donors (Lipinski definition) is 1. The van der Waals surface area contributed by atoms with E-state index in [2.05, 4.69) is 25.4 Å². The van der Waals surface area contributed by atoms with Gasteiger partial charge >= 0.3 is 5.97 Å². The van der Waals surface area contributed by atoms with Crippen molar-refractivity contribution in [3.8, 4) is 0 Å². The van der Waals surface area contributed by atoms with Crippen molar-refractivity contribution in [1.82, 2.24) is 15.2 Å². The summed E-state index contributed by atoms with van der Waals surface area (Å²) in [5.74, 6) is 0.214. The Morgan fingerprint density at radius 1 is 1.25 bits per heavy atom. The normalized spacial score (nSPS) is 18.2. The molecule has 0 radical (unpaired) electrons. The highest BCUT2D eigenvalue weighted by molar-refractivity contribution is 5.96. The first kappa shape index (κ1) is 18.6. The topological polar surface area (TPSA) is 98.7 Å². The molecule has 0 bridgehead atoms. The van der Waals surface area contributed by atoms with Gasteiger partial charge in [-0.2, -0.15) is 10.1 Å². The van der Waals surface area contributed by atoms with E-state index in [4.69, 9.17) is 14.2 Å². The molecule has 2 aliphatic rings. The SMILES string of the molecule is CCOC(=O)c1ccccc1Nc1nncc(N2CCC3(CC2)OCCO3)n1. The van der Waals surface area contributed by atoms with Crippen LogP contribution in [-0.2, 0) is 14.2 Å². The van der Waals surface area contributed by atoms with Crippen molar-refractivity contribution in [3.05, 3.63) is 36.0 Å². The van der Waals surface area contributed by atoms with Crippen LogP contribution in [0.5, 0.6) is 0 Å². The van der Waals surface area contributed by atoms with Crippen LogP contribution in [0.4, 0.5) is 17.5 Å². The number of piperidine rings is 1. The molecule has 28 heavy (non-hydrogen) atoms. The highest BCUT2D eigenvalue weighted by atomic mass is 16.7. The van der Waals surface area contributed by atoms with Gasteiger partial charge in [0, 0.05) is 25.9 Å². The van der Waals surface area contributed by atoms with Gasteiger partial charge < -0.3 is 24.4 Å². The Balaban J connectivity index is 1.47. The third-order valence-corrected chi connectivity index (χ3v) is 4.88. The van der Waals surface area contributed by atoms with Crippen molar-refractivity contribution in [1.29, 1.82) is 0 Å². The Hall–Kier alpha value is -2.78. The predicted molar refractivity (Wildman–Crippen MR) is 102 cm³/mol. The van der Waals surface area contributed by atoms with Crippen LogP contribution in [0.25, 0.3) is 0 Å². The van der Waals surface area contributed by atoms with Crippen LogP contribution >= 0.6 is 0 Å². The van der Waals surface area contributed by atoms with Crippen LogP contribution in [0.2, 0.25) is 0 Å². The van der Waals surface area contributed by atoms with E-state index in [1.54, 1.807) is 31.3 Å². The van der Waals surface area contributed by atoms with Gasteiger partial charge in [0.05, 0.1) is 37.3 Å². The second kappa shape index (κ2) is 8.07. The minimum absolute atomic E-state index is 0.310. The molecular formula is C19H23N5O4. The Morgan fingerprint density at radius 2 is 2.00 bits per heavy atom. The molecule has 0 saturated carbocycles. The summed E-state index contributed by atoms with van der Waals surface area (Å²) in [5, 5.41) is 11.2. The molecule has 0 unspecified atom stereocenters. The molecule has 1 spiro atoms. The van der Waals surface area contributed by atoms with Crippen LogP contribution in [0, 0.1) is 0 Å². The van der Waals surface area contributed by atoms with Gasteiger partial charge in [-0.1, -0.05) is 12.1 Å². The Kier molecular flexibility index (Phi) is 5.36. The molecule has 3 heterocycles. The van der Waals surface area contributed by atoms with Gasteiger partial charge in [0.25, 0.3) is 0 Å². The fourth-order valence-electron chi connectivity index (χ4n) is 3.46. The number of aromatic nitrogens is 3. The third-order valence-electron chi connectivity index (χ3n) is 4.88. The van der Waals surface area contributed by atoms with Gasteiger partial charge in [0.15, 0.2) is 11.6 Å². The van der Waals surface area contributed by atoms with Crippen LogP contribution in [0.1, 0.15) is 30.1 Å². The lowest BCUT2D eigenvalue weighted by molar-refractivity contribution is -0.169. The van der Waals surface area contributed by atoms with Crippen LogP contribution in [0.15, 0.2) is 30.5 Å². The van der Waals surface area contributed by atoms with E-state index in [0.29, 0.717) is 37.0 Å². The van der Waals surface area contributed by atoms with Gasteiger partial charge in [-0.15, -0.1) is 5.10 Å². The van der Waals surface area contributed by atoms with Crippen LogP contribution in [0.3, 0.4) is 0 Å². The Bertz CT molecular complexity index is 831. The smallest absolute Gasteiger partial charge is 0.340 e. The highest BCUT2D eigenvalue weighted by Crippen LogP contribution is 2.32. The number of anilines is 3. The Labute approximate surface area is 163 Å². The van der Waals surface area contributed by atoms with Crippen molar-refractivity contribution in [2.75, 3.05) is 43.1 Å². The lowest BCUT2D eigenvalue weighted by Gasteiger charge is -2.37. The molecule has 0 amide bonds. The molecule has 9 heteroatoms. The number of esters is 1. The summed E-state index contributed by atoms with van der Waals surface area (Å²) in [6, 6.07) is 7.09. The summed E-state index contributed by atoms with van der Waals surface area (Å²) < 4.78 is 16.6. The minimum Gasteiger partial charge on any atom is -0.462 e. The predicted octanol–water partition coefficient (Wildman–Crippen LogP) is 2.14. The van der Waals surface area contributed by atoms with E-state index in [1.165, 1.54) is 0 Å². The minimum atomic E-state index is -0.434. The molecular weight excluding hydrogens is 362 g/mol. The lowest BCUT2D eigenvalue weighted by Crippen LogP contribution is -2.45. The van der Waals surface area contributed by atoms with E-state index < -0.39 is 11.8 Å². The lowest BCUT2D eigenvalue weighted by atomic mass is 10.0. The number of rotatable bonds is 5. The molecule has 2 fully saturated rings. The number of carbonyl (C=O) groups is 1. The molecule has 148 valence electrons. The molecule has 0 atom stereocenters. The molecule has 1 N–H and O–H groups in total. The molecule has 4 rings (SSSR count). The summed E-state index contributed by atoms with van der Waals surface area (Å²) in [6.07, 6.45) is 3.20. The standard InChI is InChI=1S/C19H23N5O4/c1-2-26-17(25)14-5-3-4-6-15(14)21-18-22-16(13-20-23-18)24-9-7-19(8-10-24)27-11-12-28-19/h3-6,13H,2,7-12H2,1H3,(H,21,22,23). The zero-order chi connectivity index (χ0) is 19.4. The maximum atomic E-state index is 12.1. The summed E-state index contributed by atoms with van der Waals surface area (Å²) >= 11 is 0.